The number of allylic oxidation sites excluding steroid dienone is 4. The Morgan fingerprint density at radius 3 is 2.38 bits per heavy atom. The number of carbonyl (C=O) groups excluding carboxylic acids is 2. The first-order chi connectivity index (χ1) is 14.9. The molecule has 6 nitrogen and oxygen atoms in total. The SMILES string of the molecule is COc1cc2c3c(c1OC)C1(C=CC(=O)C=C1)CC3N(C(=O)OC(C)(C)C(Cl)(Cl)Cl)CC2. The topological polar surface area (TPSA) is 65.1 Å². The van der Waals surface area contributed by atoms with Crippen LogP contribution in [-0.4, -0.2) is 46.9 Å². The number of nitrogens with zero attached hydrogens (tertiary/aromatic N) is 1. The van der Waals surface area contributed by atoms with Crippen molar-refractivity contribution in [1.29, 1.82) is 0 Å². The molecule has 3 aliphatic rings. The first-order valence-corrected chi connectivity index (χ1v) is 11.3. The fourth-order valence-electron chi connectivity index (χ4n) is 4.73. The van der Waals surface area contributed by atoms with E-state index in [0.717, 1.165) is 16.7 Å². The standard InChI is InChI=1S/C23H24Cl3NO5/c1-21(2,23(24,25)26)32-20(29)27-10-7-13-11-16(30-3)19(31-4)18-17(13)15(27)12-22(18)8-5-14(28)6-9-22/h5-6,8-9,11,15H,7,10,12H2,1-4H3. The smallest absolute Gasteiger partial charge is 0.410 e. The molecule has 1 spiro atoms. The molecule has 1 aliphatic heterocycles. The van der Waals surface area contributed by atoms with Gasteiger partial charge in [0.15, 0.2) is 22.9 Å². The van der Waals surface area contributed by atoms with Gasteiger partial charge >= 0.3 is 6.09 Å². The molecule has 1 aromatic rings. The summed E-state index contributed by atoms with van der Waals surface area (Å²) < 4.78 is 15.2. The lowest BCUT2D eigenvalue weighted by molar-refractivity contribution is -0.110. The molecule has 1 heterocycles. The summed E-state index contributed by atoms with van der Waals surface area (Å²) in [5.41, 5.74) is 1.01. The van der Waals surface area contributed by atoms with Crippen LogP contribution >= 0.6 is 34.8 Å². The van der Waals surface area contributed by atoms with E-state index in [2.05, 4.69) is 0 Å². The molecule has 0 bridgehead atoms. The number of ether oxygens (including phenoxy) is 3. The van der Waals surface area contributed by atoms with Gasteiger partial charge in [-0.25, -0.2) is 4.79 Å². The summed E-state index contributed by atoms with van der Waals surface area (Å²) in [6.45, 7) is 3.55. The summed E-state index contributed by atoms with van der Waals surface area (Å²) in [5, 5.41) is 0. The zero-order valence-corrected chi connectivity index (χ0v) is 20.5. The Morgan fingerprint density at radius 2 is 1.81 bits per heavy atom. The molecular weight excluding hydrogens is 477 g/mol. The second-order valence-corrected chi connectivity index (χ2v) is 11.0. The van der Waals surface area contributed by atoms with Gasteiger partial charge in [0.1, 0.15) is 0 Å². The first kappa shape index (κ1) is 23.3. The fraction of sp³-hybridized carbons (Fsp3) is 0.478. The quantitative estimate of drug-likeness (QED) is 0.532. The predicted octanol–water partition coefficient (Wildman–Crippen LogP) is 5.23. The second kappa shape index (κ2) is 7.86. The molecular formula is C23H24Cl3NO5. The Hall–Kier alpha value is -1.89. The number of ketones is 1. The van der Waals surface area contributed by atoms with Gasteiger partial charge in [0, 0.05) is 17.5 Å². The molecule has 1 amide bonds. The number of amides is 1. The third-order valence-electron chi connectivity index (χ3n) is 6.47. The average molecular weight is 501 g/mol. The highest BCUT2D eigenvalue weighted by Crippen LogP contribution is 2.58. The first-order valence-electron chi connectivity index (χ1n) is 10.2. The molecule has 1 aromatic carbocycles. The van der Waals surface area contributed by atoms with E-state index in [-0.39, 0.29) is 11.8 Å². The summed E-state index contributed by atoms with van der Waals surface area (Å²) in [6.07, 6.45) is 7.43. The molecule has 172 valence electrons. The van der Waals surface area contributed by atoms with Crippen molar-refractivity contribution in [2.24, 2.45) is 0 Å². The zero-order valence-electron chi connectivity index (χ0n) is 18.2. The molecule has 0 saturated heterocycles. The van der Waals surface area contributed by atoms with Crippen molar-refractivity contribution in [2.45, 2.75) is 47.5 Å². The summed E-state index contributed by atoms with van der Waals surface area (Å²) in [7, 11) is 3.18. The lowest BCUT2D eigenvalue weighted by Crippen LogP contribution is -2.47. The van der Waals surface area contributed by atoms with Gasteiger partial charge in [-0.1, -0.05) is 47.0 Å². The van der Waals surface area contributed by atoms with Gasteiger partial charge in [-0.3, -0.25) is 4.79 Å². The van der Waals surface area contributed by atoms with Gasteiger partial charge in [0.25, 0.3) is 0 Å². The fourth-order valence-corrected chi connectivity index (χ4v) is 4.84. The molecule has 4 rings (SSSR count). The van der Waals surface area contributed by atoms with E-state index in [9.17, 15) is 9.59 Å². The van der Waals surface area contributed by atoms with E-state index < -0.39 is 20.9 Å². The molecule has 1 unspecified atom stereocenters. The molecule has 2 aliphatic carbocycles. The minimum absolute atomic E-state index is 0.0849. The van der Waals surface area contributed by atoms with Crippen molar-refractivity contribution < 1.29 is 23.8 Å². The van der Waals surface area contributed by atoms with Crippen LogP contribution in [0.15, 0.2) is 30.4 Å². The monoisotopic (exact) mass is 499 g/mol. The number of methoxy groups -OCH3 is 2. The van der Waals surface area contributed by atoms with Crippen LogP contribution in [-0.2, 0) is 21.4 Å². The normalized spacial score (nSPS) is 21.0. The highest BCUT2D eigenvalue weighted by molar-refractivity contribution is 6.68. The lowest BCUT2D eigenvalue weighted by atomic mass is 9.77. The molecule has 0 fully saturated rings. The minimum atomic E-state index is -1.79. The van der Waals surface area contributed by atoms with Crippen LogP contribution in [0.4, 0.5) is 4.79 Å². The number of benzene rings is 1. The number of hydrogen-bond acceptors (Lipinski definition) is 5. The van der Waals surface area contributed by atoms with Crippen molar-refractivity contribution in [2.75, 3.05) is 20.8 Å². The average Bonchev–Trinajstić information content (AvgIpc) is 3.05. The van der Waals surface area contributed by atoms with Gasteiger partial charge in [-0.2, -0.15) is 0 Å². The van der Waals surface area contributed by atoms with E-state index >= 15 is 0 Å². The Bertz CT molecular complexity index is 1030. The van der Waals surface area contributed by atoms with Crippen molar-refractivity contribution in [3.8, 4) is 11.5 Å². The van der Waals surface area contributed by atoms with Crippen LogP contribution in [0.5, 0.6) is 11.5 Å². The van der Waals surface area contributed by atoms with Gasteiger partial charge < -0.3 is 19.1 Å². The van der Waals surface area contributed by atoms with Crippen molar-refractivity contribution in [3.63, 3.8) is 0 Å². The molecule has 9 heteroatoms. The van der Waals surface area contributed by atoms with Crippen molar-refractivity contribution >= 4 is 46.7 Å². The number of hydrogen-bond donors (Lipinski definition) is 0. The molecule has 32 heavy (non-hydrogen) atoms. The maximum Gasteiger partial charge on any atom is 0.410 e. The van der Waals surface area contributed by atoms with Crippen molar-refractivity contribution in [1.82, 2.24) is 4.90 Å². The van der Waals surface area contributed by atoms with Crippen LogP contribution in [0.2, 0.25) is 0 Å². The maximum atomic E-state index is 13.2. The van der Waals surface area contributed by atoms with E-state index in [1.807, 2.05) is 18.2 Å². The number of carbonyl (C=O) groups is 2. The minimum Gasteiger partial charge on any atom is -0.493 e. The zero-order chi connectivity index (χ0) is 23.5. The van der Waals surface area contributed by atoms with Crippen LogP contribution in [0.1, 0.15) is 43.0 Å². The Kier molecular flexibility index (Phi) is 5.71. The third-order valence-corrected chi connectivity index (χ3v) is 7.84. The lowest BCUT2D eigenvalue weighted by Gasteiger charge is -2.39. The number of fused-ring (bicyclic) bond motifs is 1. The largest absolute Gasteiger partial charge is 0.493 e. The predicted molar refractivity (Wildman–Crippen MR) is 123 cm³/mol. The number of rotatable bonds is 3. The van der Waals surface area contributed by atoms with Gasteiger partial charge in [-0.15, -0.1) is 0 Å². The number of alkyl halides is 3. The van der Waals surface area contributed by atoms with Crippen LogP contribution in [0.25, 0.3) is 0 Å². The molecule has 1 atom stereocenters. The van der Waals surface area contributed by atoms with E-state index in [1.54, 1.807) is 45.1 Å². The summed E-state index contributed by atoms with van der Waals surface area (Å²) >= 11 is 18.1. The molecule has 0 saturated carbocycles. The highest BCUT2D eigenvalue weighted by atomic mass is 35.6. The highest BCUT2D eigenvalue weighted by Gasteiger charge is 2.52. The van der Waals surface area contributed by atoms with Crippen molar-refractivity contribution in [3.05, 3.63) is 47.1 Å². The summed E-state index contributed by atoms with van der Waals surface area (Å²) in [4.78, 5) is 26.8. The third kappa shape index (κ3) is 3.57. The summed E-state index contributed by atoms with van der Waals surface area (Å²) in [5.74, 6) is 1.13. The van der Waals surface area contributed by atoms with E-state index in [4.69, 9.17) is 49.0 Å². The van der Waals surface area contributed by atoms with E-state index in [1.165, 1.54) is 0 Å². The Balaban J connectivity index is 1.82. The Morgan fingerprint density at radius 1 is 1.16 bits per heavy atom. The Labute approximate surface area is 202 Å². The molecule has 0 aromatic heterocycles. The second-order valence-electron chi connectivity index (χ2n) is 8.71. The molecule has 0 N–H and O–H groups in total. The van der Waals surface area contributed by atoms with Gasteiger partial charge in [-0.05, 0) is 56.0 Å². The van der Waals surface area contributed by atoms with Gasteiger partial charge in [0.05, 0.1) is 20.3 Å². The van der Waals surface area contributed by atoms with Crippen LogP contribution < -0.4 is 9.47 Å². The maximum absolute atomic E-state index is 13.2. The van der Waals surface area contributed by atoms with Crippen LogP contribution in [0.3, 0.4) is 0 Å². The van der Waals surface area contributed by atoms with Crippen LogP contribution in [0, 0.1) is 0 Å². The van der Waals surface area contributed by atoms with Gasteiger partial charge in [0.2, 0.25) is 3.79 Å². The summed E-state index contributed by atoms with van der Waals surface area (Å²) in [6, 6.07) is 1.66. The number of halogens is 3. The van der Waals surface area contributed by atoms with E-state index in [0.29, 0.717) is 30.9 Å². The molecule has 0 radical (unpaired) electrons.